The fraction of sp³-hybridized carbons (Fsp3) is 0.300. The molecular weight excluding hydrogens is 241 g/mol. The van der Waals surface area contributed by atoms with Gasteiger partial charge in [0.25, 0.3) is 0 Å². The quantitative estimate of drug-likeness (QED) is 0.861. The van der Waals surface area contributed by atoms with Crippen molar-refractivity contribution in [1.29, 1.82) is 0 Å². The molecule has 0 amide bonds. The van der Waals surface area contributed by atoms with E-state index in [1.165, 1.54) is 0 Å². The Morgan fingerprint density at radius 2 is 2.00 bits per heavy atom. The molecule has 0 aliphatic heterocycles. The van der Waals surface area contributed by atoms with Crippen LogP contribution in [0.15, 0.2) is 12.1 Å². The minimum Gasteiger partial charge on any atom is -0.504 e. The van der Waals surface area contributed by atoms with Crippen molar-refractivity contribution in [2.75, 3.05) is 7.11 Å². The molecule has 17 heavy (non-hydrogen) atoms. The molecule has 0 fully saturated rings. The third kappa shape index (κ3) is 2.80. The number of phenolic OH excluding ortho intramolecular Hbond substituents is 1. The number of ether oxygens (including phenoxy) is 1. The van der Waals surface area contributed by atoms with Gasteiger partial charge in [-0.2, -0.15) is 13.2 Å². The van der Waals surface area contributed by atoms with Gasteiger partial charge in [-0.05, 0) is 12.1 Å². The summed E-state index contributed by atoms with van der Waals surface area (Å²) in [6.45, 7) is 0. The number of carbonyl (C=O) groups is 1. The molecule has 0 aliphatic carbocycles. The summed E-state index contributed by atoms with van der Waals surface area (Å²) < 4.78 is 42.3. The van der Waals surface area contributed by atoms with Crippen LogP contribution < -0.4 is 4.74 Å². The summed E-state index contributed by atoms with van der Waals surface area (Å²) in [5.41, 5.74) is -1.89. The van der Waals surface area contributed by atoms with E-state index in [1.54, 1.807) is 0 Å². The number of hydrogen-bond donors (Lipinski definition) is 2. The summed E-state index contributed by atoms with van der Waals surface area (Å²) in [6.07, 6.45) is -5.66. The van der Waals surface area contributed by atoms with Gasteiger partial charge in [-0.3, -0.25) is 4.79 Å². The summed E-state index contributed by atoms with van der Waals surface area (Å²) in [5, 5.41) is 18.0. The first kappa shape index (κ1) is 13.1. The second kappa shape index (κ2) is 4.52. The minimum absolute atomic E-state index is 0.200. The summed E-state index contributed by atoms with van der Waals surface area (Å²) in [7, 11) is 1.16. The van der Waals surface area contributed by atoms with E-state index in [9.17, 15) is 23.1 Å². The number of carboxylic acids is 1. The Morgan fingerprint density at radius 3 is 2.41 bits per heavy atom. The van der Waals surface area contributed by atoms with Crippen LogP contribution in [-0.2, 0) is 17.4 Å². The molecule has 0 aromatic heterocycles. The van der Waals surface area contributed by atoms with Crippen molar-refractivity contribution < 1.29 is 32.9 Å². The molecule has 1 aromatic rings. The first-order chi connectivity index (χ1) is 7.77. The normalized spacial score (nSPS) is 11.3. The van der Waals surface area contributed by atoms with Gasteiger partial charge in [0.2, 0.25) is 0 Å². The molecule has 7 heteroatoms. The van der Waals surface area contributed by atoms with Crippen LogP contribution in [0.1, 0.15) is 11.1 Å². The van der Waals surface area contributed by atoms with E-state index < -0.39 is 35.4 Å². The number of aliphatic carboxylic acids is 1. The van der Waals surface area contributed by atoms with Crippen molar-refractivity contribution in [2.24, 2.45) is 0 Å². The predicted molar refractivity (Wildman–Crippen MR) is 51.0 cm³/mol. The Kier molecular flexibility index (Phi) is 3.50. The predicted octanol–water partition coefficient (Wildman–Crippen LogP) is 2.05. The second-order valence-corrected chi connectivity index (χ2v) is 3.21. The van der Waals surface area contributed by atoms with Gasteiger partial charge in [-0.1, -0.05) is 0 Å². The number of methoxy groups -OCH3 is 1. The van der Waals surface area contributed by atoms with Crippen molar-refractivity contribution in [3.8, 4) is 11.5 Å². The molecule has 0 radical (unpaired) electrons. The van der Waals surface area contributed by atoms with Crippen molar-refractivity contribution in [3.05, 3.63) is 23.3 Å². The third-order valence-electron chi connectivity index (χ3n) is 2.10. The average molecular weight is 250 g/mol. The number of rotatable bonds is 3. The van der Waals surface area contributed by atoms with E-state index in [0.717, 1.165) is 13.2 Å². The fourth-order valence-electron chi connectivity index (χ4n) is 1.38. The zero-order valence-electron chi connectivity index (χ0n) is 8.71. The Bertz CT molecular complexity index is 440. The van der Waals surface area contributed by atoms with Crippen LogP contribution in [0.3, 0.4) is 0 Å². The van der Waals surface area contributed by atoms with E-state index in [-0.39, 0.29) is 5.75 Å². The zero-order chi connectivity index (χ0) is 13.2. The molecule has 94 valence electrons. The lowest BCUT2D eigenvalue weighted by Gasteiger charge is -2.15. The van der Waals surface area contributed by atoms with E-state index in [2.05, 4.69) is 4.74 Å². The highest BCUT2D eigenvalue weighted by atomic mass is 19.4. The topological polar surface area (TPSA) is 66.8 Å². The molecule has 4 nitrogen and oxygen atoms in total. The van der Waals surface area contributed by atoms with Gasteiger partial charge in [0, 0.05) is 5.56 Å². The number of carboxylic acid groups (broad SMARTS) is 1. The third-order valence-corrected chi connectivity index (χ3v) is 2.10. The van der Waals surface area contributed by atoms with Crippen LogP contribution in [0.25, 0.3) is 0 Å². The van der Waals surface area contributed by atoms with Gasteiger partial charge in [0.1, 0.15) is 0 Å². The molecule has 1 aromatic carbocycles. The largest absolute Gasteiger partial charge is 0.504 e. The van der Waals surface area contributed by atoms with Crippen molar-refractivity contribution >= 4 is 5.97 Å². The van der Waals surface area contributed by atoms with Crippen molar-refractivity contribution in [2.45, 2.75) is 12.6 Å². The van der Waals surface area contributed by atoms with Gasteiger partial charge in [0.05, 0.1) is 19.1 Å². The molecule has 0 heterocycles. The summed E-state index contributed by atoms with van der Waals surface area (Å²) in [6, 6.07) is 1.61. The molecule has 0 saturated carbocycles. The molecule has 0 atom stereocenters. The first-order valence-corrected chi connectivity index (χ1v) is 4.45. The van der Waals surface area contributed by atoms with Gasteiger partial charge in [0.15, 0.2) is 11.5 Å². The smallest absolute Gasteiger partial charge is 0.416 e. The number of aromatic hydroxyl groups is 1. The maximum atomic E-state index is 12.6. The monoisotopic (exact) mass is 250 g/mol. The number of benzene rings is 1. The van der Waals surface area contributed by atoms with Crippen LogP contribution >= 0.6 is 0 Å². The Labute approximate surface area is 94.3 Å². The Hall–Kier alpha value is -1.92. The van der Waals surface area contributed by atoms with Crippen LogP contribution in [0, 0.1) is 0 Å². The van der Waals surface area contributed by atoms with Gasteiger partial charge in [-0.15, -0.1) is 0 Å². The lowest BCUT2D eigenvalue weighted by Crippen LogP contribution is -2.12. The lowest BCUT2D eigenvalue weighted by atomic mass is 10.0. The Morgan fingerprint density at radius 1 is 1.41 bits per heavy atom. The molecule has 0 saturated heterocycles. The van der Waals surface area contributed by atoms with Gasteiger partial charge < -0.3 is 14.9 Å². The van der Waals surface area contributed by atoms with E-state index in [1.807, 2.05) is 0 Å². The number of halogens is 3. The van der Waals surface area contributed by atoms with E-state index >= 15 is 0 Å². The van der Waals surface area contributed by atoms with Crippen LogP contribution in [0.5, 0.6) is 11.5 Å². The van der Waals surface area contributed by atoms with Gasteiger partial charge in [-0.25, -0.2) is 0 Å². The molecule has 1 rings (SSSR count). The SMILES string of the molecule is COc1ccc(C(F)(F)F)c(CC(=O)O)c1O. The fourth-order valence-corrected chi connectivity index (χ4v) is 1.38. The number of phenols is 1. The highest BCUT2D eigenvalue weighted by molar-refractivity contribution is 5.73. The first-order valence-electron chi connectivity index (χ1n) is 4.45. The van der Waals surface area contributed by atoms with E-state index in [0.29, 0.717) is 6.07 Å². The van der Waals surface area contributed by atoms with Crippen LogP contribution in [-0.4, -0.2) is 23.3 Å². The van der Waals surface area contributed by atoms with Crippen molar-refractivity contribution in [1.82, 2.24) is 0 Å². The average Bonchev–Trinajstić information content (AvgIpc) is 2.18. The van der Waals surface area contributed by atoms with Crippen LogP contribution in [0.4, 0.5) is 13.2 Å². The number of alkyl halides is 3. The molecule has 2 N–H and O–H groups in total. The summed E-state index contributed by atoms with van der Waals surface area (Å²) in [5.74, 6) is -2.47. The highest BCUT2D eigenvalue weighted by Gasteiger charge is 2.35. The number of hydrogen-bond acceptors (Lipinski definition) is 3. The zero-order valence-corrected chi connectivity index (χ0v) is 8.71. The lowest BCUT2D eigenvalue weighted by molar-refractivity contribution is -0.139. The molecule has 0 unspecified atom stereocenters. The maximum absolute atomic E-state index is 12.6. The minimum atomic E-state index is -4.73. The molecule has 0 aliphatic rings. The maximum Gasteiger partial charge on any atom is 0.416 e. The molecule has 0 spiro atoms. The standard InChI is InChI=1S/C10H9F3O4/c1-17-7-3-2-6(10(11,12)13)5(9(7)16)4-8(14)15/h2-3,16H,4H2,1H3,(H,14,15). The Balaban J connectivity index is 3.41. The molecular formula is C10H9F3O4. The summed E-state index contributed by atoms with van der Waals surface area (Å²) in [4.78, 5) is 10.5. The highest BCUT2D eigenvalue weighted by Crippen LogP contribution is 2.40. The van der Waals surface area contributed by atoms with Crippen molar-refractivity contribution in [3.63, 3.8) is 0 Å². The van der Waals surface area contributed by atoms with Crippen LogP contribution in [0.2, 0.25) is 0 Å². The second-order valence-electron chi connectivity index (χ2n) is 3.21. The summed E-state index contributed by atoms with van der Waals surface area (Å²) >= 11 is 0. The molecule has 0 bridgehead atoms. The van der Waals surface area contributed by atoms with E-state index in [4.69, 9.17) is 5.11 Å². The van der Waals surface area contributed by atoms with Gasteiger partial charge >= 0.3 is 12.1 Å².